The van der Waals surface area contributed by atoms with Crippen LogP contribution < -0.4 is 0 Å². The number of carbonyl (C=O) groups is 3. The standard InChI is InChI=1S/C25H28O6/c1-3-4-5-9-15-29-24(28)21-14-10-13-20(16-21)23(27)25(30-17-18(2)31-25)22(26)19-11-7-6-8-12-19/h6-8,10-14,16,18H,3-5,9,15,17H2,1-2H3. The second kappa shape index (κ2) is 10.5. The highest BCUT2D eigenvalue weighted by Gasteiger charge is 2.54. The molecule has 6 heteroatoms. The summed E-state index contributed by atoms with van der Waals surface area (Å²) in [7, 11) is 0. The van der Waals surface area contributed by atoms with Crippen molar-refractivity contribution in [1.29, 1.82) is 0 Å². The summed E-state index contributed by atoms with van der Waals surface area (Å²) in [5.74, 6) is -3.77. The lowest BCUT2D eigenvalue weighted by Gasteiger charge is -2.25. The Kier molecular flexibility index (Phi) is 7.71. The van der Waals surface area contributed by atoms with E-state index in [4.69, 9.17) is 14.2 Å². The van der Waals surface area contributed by atoms with Gasteiger partial charge >= 0.3 is 5.97 Å². The van der Waals surface area contributed by atoms with Gasteiger partial charge in [0.05, 0.1) is 24.9 Å². The highest BCUT2D eigenvalue weighted by Crippen LogP contribution is 2.32. The summed E-state index contributed by atoms with van der Waals surface area (Å²) in [6.45, 7) is 4.29. The van der Waals surface area contributed by atoms with Crippen molar-refractivity contribution >= 4 is 17.5 Å². The van der Waals surface area contributed by atoms with Crippen LogP contribution in [0.25, 0.3) is 0 Å². The Hall–Kier alpha value is -2.83. The Morgan fingerprint density at radius 1 is 0.935 bits per heavy atom. The van der Waals surface area contributed by atoms with Crippen molar-refractivity contribution in [3.63, 3.8) is 0 Å². The number of hydrogen-bond acceptors (Lipinski definition) is 6. The van der Waals surface area contributed by atoms with Gasteiger partial charge in [0.15, 0.2) is 0 Å². The lowest BCUT2D eigenvalue weighted by molar-refractivity contribution is -0.0975. The van der Waals surface area contributed by atoms with Gasteiger partial charge in [0.25, 0.3) is 5.79 Å². The molecule has 0 aliphatic carbocycles. The summed E-state index contributed by atoms with van der Waals surface area (Å²) in [5.41, 5.74) is 0.709. The fourth-order valence-electron chi connectivity index (χ4n) is 3.46. The fraction of sp³-hybridized carbons (Fsp3) is 0.400. The fourth-order valence-corrected chi connectivity index (χ4v) is 3.46. The molecule has 1 saturated heterocycles. The van der Waals surface area contributed by atoms with E-state index in [1.807, 2.05) is 0 Å². The molecule has 3 rings (SSSR count). The number of ether oxygens (including phenoxy) is 3. The number of unbranched alkanes of at least 4 members (excludes halogenated alkanes) is 3. The third-order valence-electron chi connectivity index (χ3n) is 5.11. The summed E-state index contributed by atoms with van der Waals surface area (Å²) < 4.78 is 16.7. The first-order valence-electron chi connectivity index (χ1n) is 10.7. The molecule has 1 aliphatic heterocycles. The smallest absolute Gasteiger partial charge is 0.338 e. The van der Waals surface area contributed by atoms with Crippen molar-refractivity contribution in [2.75, 3.05) is 13.2 Å². The van der Waals surface area contributed by atoms with Gasteiger partial charge in [0.2, 0.25) is 11.6 Å². The molecule has 0 saturated carbocycles. The molecule has 0 aromatic heterocycles. The van der Waals surface area contributed by atoms with Gasteiger partial charge in [-0.15, -0.1) is 0 Å². The second-order valence-electron chi connectivity index (χ2n) is 7.66. The van der Waals surface area contributed by atoms with Crippen LogP contribution in [0.3, 0.4) is 0 Å². The van der Waals surface area contributed by atoms with Crippen molar-refractivity contribution < 1.29 is 28.6 Å². The topological polar surface area (TPSA) is 78.9 Å². The predicted molar refractivity (Wildman–Crippen MR) is 115 cm³/mol. The molecule has 0 radical (unpaired) electrons. The van der Waals surface area contributed by atoms with Crippen molar-refractivity contribution in [1.82, 2.24) is 0 Å². The molecule has 1 fully saturated rings. The summed E-state index contributed by atoms with van der Waals surface area (Å²) in [6.07, 6.45) is 3.57. The summed E-state index contributed by atoms with van der Waals surface area (Å²) in [4.78, 5) is 39.0. The third kappa shape index (κ3) is 5.27. The highest BCUT2D eigenvalue weighted by molar-refractivity contribution is 6.21. The van der Waals surface area contributed by atoms with Crippen LogP contribution in [0, 0.1) is 0 Å². The van der Waals surface area contributed by atoms with Crippen molar-refractivity contribution in [3.05, 3.63) is 71.3 Å². The van der Waals surface area contributed by atoms with Gasteiger partial charge in [-0.05, 0) is 25.5 Å². The molecule has 31 heavy (non-hydrogen) atoms. The molecule has 6 nitrogen and oxygen atoms in total. The van der Waals surface area contributed by atoms with Crippen LogP contribution in [0.1, 0.15) is 70.6 Å². The number of Topliss-reactive ketones (excluding diaryl/α,β-unsaturated/α-hetero) is 2. The zero-order valence-corrected chi connectivity index (χ0v) is 18.0. The first-order chi connectivity index (χ1) is 15.0. The largest absolute Gasteiger partial charge is 0.462 e. The molecule has 0 amide bonds. The predicted octanol–water partition coefficient (Wildman–Crippen LogP) is 4.62. The van der Waals surface area contributed by atoms with Crippen LogP contribution in [0.2, 0.25) is 0 Å². The first-order valence-corrected chi connectivity index (χ1v) is 10.7. The zero-order valence-electron chi connectivity index (χ0n) is 18.0. The average molecular weight is 424 g/mol. The Balaban J connectivity index is 1.80. The number of ketones is 2. The molecule has 1 aliphatic rings. The van der Waals surface area contributed by atoms with Crippen molar-refractivity contribution in [2.24, 2.45) is 0 Å². The molecule has 0 N–H and O–H groups in total. The highest BCUT2D eigenvalue weighted by atomic mass is 16.8. The molecular weight excluding hydrogens is 396 g/mol. The van der Waals surface area contributed by atoms with Gasteiger partial charge in [0.1, 0.15) is 0 Å². The van der Waals surface area contributed by atoms with E-state index in [0.29, 0.717) is 12.2 Å². The average Bonchev–Trinajstić information content (AvgIpc) is 3.21. The van der Waals surface area contributed by atoms with E-state index >= 15 is 0 Å². The van der Waals surface area contributed by atoms with Gasteiger partial charge < -0.3 is 14.2 Å². The number of rotatable bonds is 10. The van der Waals surface area contributed by atoms with Gasteiger partial charge in [-0.25, -0.2) is 4.79 Å². The second-order valence-corrected chi connectivity index (χ2v) is 7.66. The zero-order chi connectivity index (χ0) is 22.3. The molecule has 1 heterocycles. The van der Waals surface area contributed by atoms with Gasteiger partial charge in [-0.1, -0.05) is 68.7 Å². The van der Waals surface area contributed by atoms with E-state index < -0.39 is 29.4 Å². The summed E-state index contributed by atoms with van der Waals surface area (Å²) >= 11 is 0. The maximum Gasteiger partial charge on any atom is 0.338 e. The Bertz CT molecular complexity index is 923. The van der Waals surface area contributed by atoms with Gasteiger partial charge in [0, 0.05) is 11.1 Å². The third-order valence-corrected chi connectivity index (χ3v) is 5.11. The van der Waals surface area contributed by atoms with Crippen LogP contribution in [-0.2, 0) is 14.2 Å². The molecule has 2 aromatic carbocycles. The SMILES string of the molecule is CCCCCCOC(=O)c1cccc(C(=O)C2(C(=O)c3ccccc3)OCC(C)O2)c1. The van der Waals surface area contributed by atoms with Crippen molar-refractivity contribution in [2.45, 2.75) is 51.4 Å². The molecule has 164 valence electrons. The lowest BCUT2D eigenvalue weighted by atomic mass is 9.94. The maximum atomic E-state index is 13.4. The van der Waals surface area contributed by atoms with Crippen LogP contribution in [0.15, 0.2) is 54.6 Å². The minimum absolute atomic E-state index is 0.115. The van der Waals surface area contributed by atoms with E-state index in [1.54, 1.807) is 49.4 Å². The summed E-state index contributed by atoms with van der Waals surface area (Å²) in [6, 6.07) is 14.5. The first kappa shape index (κ1) is 22.8. The number of hydrogen-bond donors (Lipinski definition) is 0. The molecule has 2 atom stereocenters. The van der Waals surface area contributed by atoms with Gasteiger partial charge in [-0.3, -0.25) is 9.59 Å². The monoisotopic (exact) mass is 424 g/mol. The normalized spacial score (nSPS) is 20.4. The number of esters is 1. The van der Waals surface area contributed by atoms with E-state index in [2.05, 4.69) is 6.92 Å². The number of benzene rings is 2. The molecule has 2 aromatic rings. The lowest BCUT2D eigenvalue weighted by Crippen LogP contribution is -2.48. The Morgan fingerprint density at radius 2 is 1.61 bits per heavy atom. The molecule has 2 unspecified atom stereocenters. The van der Waals surface area contributed by atoms with E-state index in [0.717, 1.165) is 25.7 Å². The van der Waals surface area contributed by atoms with Crippen LogP contribution in [0.4, 0.5) is 0 Å². The van der Waals surface area contributed by atoms with Crippen LogP contribution in [0.5, 0.6) is 0 Å². The Morgan fingerprint density at radius 3 is 2.29 bits per heavy atom. The van der Waals surface area contributed by atoms with E-state index in [9.17, 15) is 14.4 Å². The van der Waals surface area contributed by atoms with E-state index in [-0.39, 0.29) is 17.7 Å². The van der Waals surface area contributed by atoms with Crippen LogP contribution >= 0.6 is 0 Å². The minimum Gasteiger partial charge on any atom is -0.462 e. The quantitative estimate of drug-likeness (QED) is 0.240. The molecular formula is C25H28O6. The molecule has 0 spiro atoms. The van der Waals surface area contributed by atoms with Crippen molar-refractivity contribution in [3.8, 4) is 0 Å². The van der Waals surface area contributed by atoms with Gasteiger partial charge in [-0.2, -0.15) is 0 Å². The molecule has 0 bridgehead atoms. The Labute approximate surface area is 182 Å². The van der Waals surface area contributed by atoms with E-state index in [1.165, 1.54) is 12.1 Å². The maximum absolute atomic E-state index is 13.4. The summed E-state index contributed by atoms with van der Waals surface area (Å²) in [5, 5.41) is 0. The number of carbonyl (C=O) groups excluding carboxylic acids is 3. The minimum atomic E-state index is -2.07. The van der Waals surface area contributed by atoms with Crippen LogP contribution in [-0.4, -0.2) is 42.6 Å².